The van der Waals surface area contributed by atoms with Gasteiger partial charge >= 0.3 is 5.97 Å². The summed E-state index contributed by atoms with van der Waals surface area (Å²) in [4.78, 5) is 72.6. The molecule has 0 radical (unpaired) electrons. The number of ether oxygens (including phenoxy) is 2. The number of imide groups is 2. The molecule has 0 aromatic carbocycles. The van der Waals surface area contributed by atoms with Crippen LogP contribution in [0.3, 0.4) is 0 Å². The van der Waals surface area contributed by atoms with Crippen LogP contribution in [0.1, 0.15) is 128 Å². The molecule has 0 spiro atoms. The number of carboxylic acids is 1. The van der Waals surface area contributed by atoms with Gasteiger partial charge in [0.05, 0.1) is 60.6 Å². The maximum absolute atomic E-state index is 13.5. The van der Waals surface area contributed by atoms with Crippen molar-refractivity contribution in [2.24, 2.45) is 47.3 Å². The number of fused-ring (bicyclic) bond motifs is 3. The maximum atomic E-state index is 13.5. The molecule has 0 bridgehead atoms. The Balaban J connectivity index is 0.831. The minimum Gasteiger partial charge on any atom is -0.481 e. The molecule has 6 saturated carbocycles. The van der Waals surface area contributed by atoms with Crippen LogP contribution in [0.5, 0.6) is 0 Å². The molecule has 8 aliphatic rings. The number of carbonyl (C=O) groups excluding carboxylic acids is 4. The molecule has 8 rings (SSSR count). The highest BCUT2D eigenvalue weighted by Gasteiger charge is 2.54. The van der Waals surface area contributed by atoms with Gasteiger partial charge in [0.25, 0.3) is 0 Å². The Kier molecular flexibility index (Phi) is 10.8. The summed E-state index contributed by atoms with van der Waals surface area (Å²) in [7, 11) is 0. The fourth-order valence-corrected chi connectivity index (χ4v) is 12.3. The molecule has 12 heteroatoms. The van der Waals surface area contributed by atoms with E-state index < -0.39 is 17.8 Å². The van der Waals surface area contributed by atoms with Crippen LogP contribution in [0.25, 0.3) is 0 Å². The zero-order valence-corrected chi connectivity index (χ0v) is 30.5. The lowest BCUT2D eigenvalue weighted by Gasteiger charge is -2.47. The van der Waals surface area contributed by atoms with Crippen molar-refractivity contribution in [3.05, 3.63) is 0 Å². The van der Waals surface area contributed by atoms with Crippen LogP contribution in [-0.2, 0) is 38.3 Å². The van der Waals surface area contributed by atoms with Crippen molar-refractivity contribution in [2.45, 2.75) is 165 Å². The molecule has 4 amide bonds. The maximum Gasteiger partial charge on any atom is 0.306 e. The van der Waals surface area contributed by atoms with Crippen molar-refractivity contribution in [1.82, 2.24) is 9.80 Å². The first-order valence-corrected chi connectivity index (χ1v) is 20.7. The largest absolute Gasteiger partial charge is 0.481 e. The first kappa shape index (κ1) is 36.6. The smallest absolute Gasteiger partial charge is 0.306 e. The van der Waals surface area contributed by atoms with Crippen LogP contribution in [0.4, 0.5) is 0 Å². The average Bonchev–Trinajstić information content (AvgIpc) is 3.55. The summed E-state index contributed by atoms with van der Waals surface area (Å²) in [5.41, 5.74) is 0. The Morgan fingerprint density at radius 1 is 0.577 bits per heavy atom. The van der Waals surface area contributed by atoms with E-state index >= 15 is 0 Å². The first-order chi connectivity index (χ1) is 25.2. The highest BCUT2D eigenvalue weighted by Crippen LogP contribution is 2.47. The molecule has 10 unspecified atom stereocenters. The predicted molar refractivity (Wildman–Crippen MR) is 185 cm³/mol. The SMILES string of the molecule is O=C(O)C1CCC2C(=O)N(C3CCC(OC4CC5CCCCC5C(OC5CCC(N6C(=O)C7CCC(COO)CC7C6=O)CC5)C4)CC3)C(=O)C2C1. The molecular formula is C40H58N2O10. The van der Waals surface area contributed by atoms with E-state index in [9.17, 15) is 29.1 Å². The molecule has 2 heterocycles. The normalized spacial score (nSPS) is 44.0. The molecule has 288 valence electrons. The van der Waals surface area contributed by atoms with E-state index in [1.807, 2.05) is 0 Å². The number of carboxylic acid groups (broad SMARTS) is 1. The standard InChI is InChI=1S/C40H58N2O10/c43-36-31-15-5-22(21-50-49)17-33(31)38(45)41(36)26-9-13-28(14-10-26)52-35-20-29(18-23-3-1-2-4-30(23)35)51-27-11-7-25(8-12-27)42-37(44)32-16-6-24(40(47)48)19-34(32)39(42)46/h22-35,49H,1-21H2,(H,47,48). The van der Waals surface area contributed by atoms with Gasteiger partial charge in [-0.15, -0.1) is 0 Å². The number of hydrogen-bond acceptors (Lipinski definition) is 9. The molecule has 52 heavy (non-hydrogen) atoms. The van der Waals surface area contributed by atoms with Gasteiger partial charge in [-0.2, -0.15) is 0 Å². The number of amides is 4. The Morgan fingerprint density at radius 3 is 1.75 bits per heavy atom. The third-order valence-electron chi connectivity index (χ3n) is 15.0. The third-order valence-corrected chi connectivity index (χ3v) is 15.0. The lowest BCUT2D eigenvalue weighted by Crippen LogP contribution is -2.48. The van der Waals surface area contributed by atoms with E-state index in [0.29, 0.717) is 37.5 Å². The molecule has 2 aliphatic heterocycles. The second kappa shape index (κ2) is 15.4. The number of aliphatic carboxylic acids is 1. The summed E-state index contributed by atoms with van der Waals surface area (Å²) in [5.74, 6) is -1.78. The molecule has 12 nitrogen and oxygen atoms in total. The van der Waals surface area contributed by atoms with Gasteiger partial charge in [-0.1, -0.05) is 12.8 Å². The van der Waals surface area contributed by atoms with Gasteiger partial charge in [0.15, 0.2) is 0 Å². The quantitative estimate of drug-likeness (QED) is 0.180. The zero-order chi connectivity index (χ0) is 36.1. The Morgan fingerprint density at radius 2 is 1.13 bits per heavy atom. The van der Waals surface area contributed by atoms with Gasteiger partial charge in [-0.25, -0.2) is 4.89 Å². The van der Waals surface area contributed by atoms with Crippen molar-refractivity contribution in [2.75, 3.05) is 6.61 Å². The summed E-state index contributed by atoms with van der Waals surface area (Å²) in [6.45, 7) is 0.214. The predicted octanol–water partition coefficient (Wildman–Crippen LogP) is 5.36. The topological polar surface area (TPSA) is 160 Å². The third kappa shape index (κ3) is 6.99. The minimum atomic E-state index is -0.867. The van der Waals surface area contributed by atoms with Crippen LogP contribution in [0, 0.1) is 47.3 Å². The number of likely N-dealkylation sites (tertiary alicyclic amines) is 2. The van der Waals surface area contributed by atoms with Crippen molar-refractivity contribution in [3.8, 4) is 0 Å². The van der Waals surface area contributed by atoms with E-state index in [0.717, 1.165) is 70.6 Å². The molecule has 0 aromatic heterocycles. The van der Waals surface area contributed by atoms with Gasteiger partial charge < -0.3 is 14.6 Å². The molecule has 10 atom stereocenters. The fraction of sp³-hybridized carbons (Fsp3) is 0.875. The van der Waals surface area contributed by atoms with Gasteiger partial charge in [-0.3, -0.25) is 39.0 Å². The highest BCUT2D eigenvalue weighted by atomic mass is 17.1. The second-order valence-corrected chi connectivity index (χ2v) is 17.8. The molecule has 2 N–H and O–H groups in total. The van der Waals surface area contributed by atoms with Crippen molar-refractivity contribution in [1.29, 1.82) is 0 Å². The number of nitrogens with zero attached hydrogens (tertiary/aromatic N) is 2. The van der Waals surface area contributed by atoms with Crippen LogP contribution in [0.2, 0.25) is 0 Å². The van der Waals surface area contributed by atoms with E-state index in [4.69, 9.17) is 14.7 Å². The number of rotatable bonds is 9. The Hall–Kier alpha value is -2.41. The summed E-state index contributed by atoms with van der Waals surface area (Å²) < 4.78 is 13.8. The van der Waals surface area contributed by atoms with E-state index in [1.165, 1.54) is 30.6 Å². The van der Waals surface area contributed by atoms with Gasteiger partial charge in [0.2, 0.25) is 23.6 Å². The lowest BCUT2D eigenvalue weighted by molar-refractivity contribution is -0.253. The first-order valence-electron chi connectivity index (χ1n) is 20.7. The summed E-state index contributed by atoms with van der Waals surface area (Å²) in [5, 5.41) is 18.4. The van der Waals surface area contributed by atoms with E-state index in [-0.39, 0.29) is 96.8 Å². The van der Waals surface area contributed by atoms with Crippen LogP contribution < -0.4 is 0 Å². The molecule has 2 saturated heterocycles. The van der Waals surface area contributed by atoms with Crippen LogP contribution in [-0.4, -0.2) is 92.9 Å². The van der Waals surface area contributed by atoms with Crippen molar-refractivity contribution < 1.29 is 48.7 Å². The number of hydrogen-bond donors (Lipinski definition) is 2. The summed E-state index contributed by atoms with van der Waals surface area (Å²) >= 11 is 0. The average molecular weight is 727 g/mol. The van der Waals surface area contributed by atoms with E-state index in [2.05, 4.69) is 4.89 Å². The second-order valence-electron chi connectivity index (χ2n) is 17.8. The molecule has 0 aromatic rings. The summed E-state index contributed by atoms with van der Waals surface area (Å²) in [6.07, 6.45) is 16.9. The van der Waals surface area contributed by atoms with E-state index in [1.54, 1.807) is 4.90 Å². The Bertz CT molecular complexity index is 1370. The minimum absolute atomic E-state index is 0.000367. The van der Waals surface area contributed by atoms with Crippen molar-refractivity contribution >= 4 is 29.6 Å². The van der Waals surface area contributed by atoms with Gasteiger partial charge in [0, 0.05) is 18.5 Å². The molecule has 8 fully saturated rings. The number of carbonyl (C=O) groups is 5. The van der Waals surface area contributed by atoms with Gasteiger partial charge in [0.1, 0.15) is 0 Å². The van der Waals surface area contributed by atoms with Crippen LogP contribution in [0.15, 0.2) is 0 Å². The van der Waals surface area contributed by atoms with Crippen molar-refractivity contribution in [3.63, 3.8) is 0 Å². The lowest BCUT2D eigenvalue weighted by atomic mass is 9.68. The van der Waals surface area contributed by atoms with Crippen LogP contribution >= 0.6 is 0 Å². The van der Waals surface area contributed by atoms with Gasteiger partial charge in [-0.05, 0) is 127 Å². The molecule has 6 aliphatic carbocycles. The fourth-order valence-electron chi connectivity index (χ4n) is 12.3. The summed E-state index contributed by atoms with van der Waals surface area (Å²) in [6, 6.07) is -0.183. The Labute approximate surface area is 306 Å². The highest BCUT2D eigenvalue weighted by molar-refractivity contribution is 6.06. The monoisotopic (exact) mass is 726 g/mol. The zero-order valence-electron chi connectivity index (χ0n) is 30.5. The molecular weight excluding hydrogens is 668 g/mol.